The molecule has 0 radical (unpaired) electrons. The number of allylic oxidation sites excluding steroid dienone is 1. The Morgan fingerprint density at radius 2 is 1.56 bits per heavy atom. The second kappa shape index (κ2) is 6.31. The first-order valence-electron chi connectivity index (χ1n) is 5.72. The van der Waals surface area contributed by atoms with E-state index in [9.17, 15) is 4.79 Å². The van der Waals surface area contributed by atoms with Crippen LogP contribution in [0.5, 0.6) is 0 Å². The number of carbonyl (C=O) groups is 1. The number of alkyl halides is 1. The summed E-state index contributed by atoms with van der Waals surface area (Å²) >= 11 is 3.13. The zero-order chi connectivity index (χ0) is 12.8. The number of hydrogen-bond donors (Lipinski definition) is 0. The van der Waals surface area contributed by atoms with Gasteiger partial charge in [0.2, 0.25) is 0 Å². The van der Waals surface area contributed by atoms with Crippen LogP contribution in [0.3, 0.4) is 0 Å². The number of ketones is 1. The summed E-state index contributed by atoms with van der Waals surface area (Å²) in [5.74, 6) is 0.0714. The number of carbonyl (C=O) groups excluding carboxylic acids is 1. The van der Waals surface area contributed by atoms with Crippen molar-refractivity contribution in [3.8, 4) is 11.1 Å². The average molecular weight is 301 g/mol. The highest BCUT2D eigenvalue weighted by atomic mass is 79.9. The van der Waals surface area contributed by atoms with Gasteiger partial charge in [0.05, 0.1) is 5.33 Å². The third kappa shape index (κ3) is 3.41. The Kier molecular flexibility index (Phi) is 4.48. The van der Waals surface area contributed by atoms with Crippen LogP contribution < -0.4 is 0 Å². The Morgan fingerprint density at radius 3 is 2.17 bits per heavy atom. The van der Waals surface area contributed by atoms with E-state index in [2.05, 4.69) is 40.2 Å². The Balaban J connectivity index is 2.16. The maximum Gasteiger partial charge on any atom is 0.166 e. The summed E-state index contributed by atoms with van der Waals surface area (Å²) in [7, 11) is 0. The molecule has 0 aliphatic heterocycles. The number of halogens is 1. The molecule has 0 amide bonds. The van der Waals surface area contributed by atoms with Crippen LogP contribution in [0.4, 0.5) is 0 Å². The van der Waals surface area contributed by atoms with E-state index in [0.717, 1.165) is 5.56 Å². The molecule has 2 rings (SSSR count). The molecule has 0 saturated heterocycles. The maximum absolute atomic E-state index is 11.1. The standard InChI is InChI=1S/C16H13BrO/c17-12-16(18)11-8-13-6-9-15(10-7-13)14-4-2-1-3-5-14/h1-11H,12H2/b11-8+. The van der Waals surface area contributed by atoms with Gasteiger partial charge in [-0.15, -0.1) is 0 Å². The van der Waals surface area contributed by atoms with Crippen molar-refractivity contribution < 1.29 is 4.79 Å². The molecule has 1 nitrogen and oxygen atoms in total. The van der Waals surface area contributed by atoms with Crippen LogP contribution in [-0.4, -0.2) is 11.1 Å². The minimum atomic E-state index is 0.0714. The topological polar surface area (TPSA) is 17.1 Å². The van der Waals surface area contributed by atoms with Gasteiger partial charge < -0.3 is 0 Å². The summed E-state index contributed by atoms with van der Waals surface area (Å²) in [4.78, 5) is 11.1. The fourth-order valence-electron chi connectivity index (χ4n) is 1.65. The van der Waals surface area contributed by atoms with Gasteiger partial charge in [-0.3, -0.25) is 4.79 Å². The molecule has 0 aliphatic carbocycles. The van der Waals surface area contributed by atoms with Crippen molar-refractivity contribution in [2.45, 2.75) is 0 Å². The first kappa shape index (κ1) is 12.8. The number of rotatable bonds is 4. The van der Waals surface area contributed by atoms with E-state index < -0.39 is 0 Å². The van der Waals surface area contributed by atoms with Crippen molar-refractivity contribution in [1.82, 2.24) is 0 Å². The zero-order valence-electron chi connectivity index (χ0n) is 9.84. The normalized spacial score (nSPS) is 10.7. The summed E-state index contributed by atoms with van der Waals surface area (Å²) in [6, 6.07) is 18.4. The van der Waals surface area contributed by atoms with Crippen LogP contribution in [0.2, 0.25) is 0 Å². The molecule has 0 heterocycles. The van der Waals surface area contributed by atoms with Gasteiger partial charge in [0.25, 0.3) is 0 Å². The lowest BCUT2D eigenvalue weighted by Crippen LogP contribution is -1.91. The van der Waals surface area contributed by atoms with Crippen LogP contribution in [0, 0.1) is 0 Å². The fourth-order valence-corrected chi connectivity index (χ4v) is 1.84. The molecule has 0 bridgehead atoms. The highest BCUT2D eigenvalue weighted by molar-refractivity contribution is 9.09. The first-order chi connectivity index (χ1) is 8.79. The molecule has 0 fully saturated rings. The lowest BCUT2D eigenvalue weighted by atomic mass is 10.0. The van der Waals surface area contributed by atoms with Crippen LogP contribution in [0.15, 0.2) is 60.7 Å². The van der Waals surface area contributed by atoms with Gasteiger partial charge in [-0.1, -0.05) is 76.6 Å². The number of hydrogen-bond acceptors (Lipinski definition) is 1. The second-order valence-electron chi connectivity index (χ2n) is 3.92. The molecule has 0 N–H and O–H groups in total. The molecule has 0 saturated carbocycles. The van der Waals surface area contributed by atoms with Gasteiger partial charge >= 0.3 is 0 Å². The molecule has 0 atom stereocenters. The quantitative estimate of drug-likeness (QED) is 0.607. The minimum Gasteiger partial charge on any atom is -0.294 e. The molecule has 2 aromatic carbocycles. The van der Waals surface area contributed by atoms with E-state index in [0.29, 0.717) is 5.33 Å². The molecule has 0 unspecified atom stereocenters. The van der Waals surface area contributed by atoms with Crippen molar-refractivity contribution in [2.75, 3.05) is 5.33 Å². The Bertz CT molecular complexity index is 541. The van der Waals surface area contributed by atoms with Crippen molar-refractivity contribution >= 4 is 27.8 Å². The van der Waals surface area contributed by atoms with Crippen molar-refractivity contribution in [3.63, 3.8) is 0 Å². The van der Waals surface area contributed by atoms with Crippen LogP contribution >= 0.6 is 15.9 Å². The largest absolute Gasteiger partial charge is 0.294 e. The van der Waals surface area contributed by atoms with Gasteiger partial charge in [-0.2, -0.15) is 0 Å². The van der Waals surface area contributed by atoms with E-state index in [1.807, 2.05) is 36.4 Å². The van der Waals surface area contributed by atoms with Gasteiger partial charge in [0.1, 0.15) is 0 Å². The van der Waals surface area contributed by atoms with E-state index in [1.54, 1.807) is 6.08 Å². The lowest BCUT2D eigenvalue weighted by Gasteiger charge is -2.01. The maximum atomic E-state index is 11.1. The van der Waals surface area contributed by atoms with Crippen LogP contribution in [0.25, 0.3) is 17.2 Å². The molecule has 0 spiro atoms. The van der Waals surface area contributed by atoms with Gasteiger partial charge in [0.15, 0.2) is 5.78 Å². The zero-order valence-corrected chi connectivity index (χ0v) is 11.4. The van der Waals surface area contributed by atoms with Crippen molar-refractivity contribution in [2.24, 2.45) is 0 Å². The third-order valence-corrected chi connectivity index (χ3v) is 3.16. The predicted molar refractivity (Wildman–Crippen MR) is 79.7 cm³/mol. The minimum absolute atomic E-state index is 0.0714. The first-order valence-corrected chi connectivity index (χ1v) is 6.84. The summed E-state index contributed by atoms with van der Waals surface area (Å²) in [6.07, 6.45) is 3.42. The fraction of sp³-hybridized carbons (Fsp3) is 0.0625. The highest BCUT2D eigenvalue weighted by Crippen LogP contribution is 2.19. The van der Waals surface area contributed by atoms with E-state index in [1.165, 1.54) is 11.1 Å². The smallest absolute Gasteiger partial charge is 0.166 e. The van der Waals surface area contributed by atoms with Gasteiger partial charge in [-0.25, -0.2) is 0 Å². The van der Waals surface area contributed by atoms with Crippen molar-refractivity contribution in [3.05, 3.63) is 66.2 Å². The molecule has 18 heavy (non-hydrogen) atoms. The molecule has 0 aliphatic rings. The Hall–Kier alpha value is -1.67. The van der Waals surface area contributed by atoms with Gasteiger partial charge in [0, 0.05) is 0 Å². The van der Waals surface area contributed by atoms with Crippen molar-refractivity contribution in [1.29, 1.82) is 0 Å². The molecule has 90 valence electrons. The molecule has 0 aromatic heterocycles. The monoisotopic (exact) mass is 300 g/mol. The summed E-state index contributed by atoms with van der Waals surface area (Å²) in [6.45, 7) is 0. The summed E-state index contributed by atoms with van der Waals surface area (Å²) in [5, 5.41) is 0.367. The highest BCUT2D eigenvalue weighted by Gasteiger charge is 1.96. The molecular weight excluding hydrogens is 288 g/mol. The number of benzene rings is 2. The Morgan fingerprint density at radius 1 is 0.944 bits per heavy atom. The average Bonchev–Trinajstić information content (AvgIpc) is 2.46. The lowest BCUT2D eigenvalue weighted by molar-refractivity contribution is -0.112. The summed E-state index contributed by atoms with van der Waals surface area (Å²) in [5.41, 5.74) is 3.41. The van der Waals surface area contributed by atoms with E-state index in [-0.39, 0.29) is 5.78 Å². The van der Waals surface area contributed by atoms with Gasteiger partial charge in [-0.05, 0) is 22.8 Å². The molecule has 2 aromatic rings. The second-order valence-corrected chi connectivity index (χ2v) is 4.48. The van der Waals surface area contributed by atoms with Crippen LogP contribution in [-0.2, 0) is 4.79 Å². The van der Waals surface area contributed by atoms with Crippen LogP contribution in [0.1, 0.15) is 5.56 Å². The SMILES string of the molecule is O=C(/C=C/c1ccc(-c2ccccc2)cc1)CBr. The predicted octanol–water partition coefficient (Wildman–Crippen LogP) is 4.33. The third-order valence-electron chi connectivity index (χ3n) is 2.61. The molecule has 2 heteroatoms. The molecular formula is C16H13BrO. The summed E-state index contributed by atoms with van der Waals surface area (Å²) < 4.78 is 0. The Labute approximate surface area is 115 Å². The van der Waals surface area contributed by atoms with E-state index in [4.69, 9.17) is 0 Å². The van der Waals surface area contributed by atoms with E-state index >= 15 is 0 Å².